The van der Waals surface area contributed by atoms with Crippen molar-refractivity contribution in [1.29, 1.82) is 0 Å². The average Bonchev–Trinajstić information content (AvgIpc) is 2.85. The fraction of sp³-hybridized carbons (Fsp3) is 0.125. The highest BCUT2D eigenvalue weighted by molar-refractivity contribution is 7.98. The van der Waals surface area contributed by atoms with Crippen LogP contribution in [0.5, 0.6) is 0 Å². The van der Waals surface area contributed by atoms with Crippen LogP contribution in [0.2, 0.25) is 0 Å². The molecule has 0 aliphatic rings. The molecule has 4 heteroatoms. The number of benzene rings is 2. The SMILES string of the molecule is CSc1nn(C)c(-c2ccccc2)[n+]1-c1ccccc1. The average molecular weight is 282 g/mol. The Morgan fingerprint density at radius 1 is 0.950 bits per heavy atom. The molecule has 3 aromatic rings. The van der Waals surface area contributed by atoms with Crippen molar-refractivity contribution < 1.29 is 4.57 Å². The smallest absolute Gasteiger partial charge is 0.184 e. The zero-order chi connectivity index (χ0) is 13.9. The highest BCUT2D eigenvalue weighted by Crippen LogP contribution is 2.20. The number of para-hydroxylation sites is 1. The van der Waals surface area contributed by atoms with E-state index in [0.29, 0.717) is 0 Å². The molecule has 0 radical (unpaired) electrons. The molecule has 0 aliphatic carbocycles. The zero-order valence-electron chi connectivity index (χ0n) is 11.5. The van der Waals surface area contributed by atoms with E-state index < -0.39 is 0 Å². The van der Waals surface area contributed by atoms with Crippen molar-refractivity contribution in [3.8, 4) is 17.1 Å². The van der Waals surface area contributed by atoms with Gasteiger partial charge in [0.15, 0.2) is 0 Å². The van der Waals surface area contributed by atoms with Crippen LogP contribution >= 0.6 is 11.8 Å². The molecule has 3 rings (SSSR count). The summed E-state index contributed by atoms with van der Waals surface area (Å²) in [7, 11) is 1.99. The Hall–Kier alpha value is -2.07. The van der Waals surface area contributed by atoms with Gasteiger partial charge >= 0.3 is 5.16 Å². The number of aromatic nitrogens is 3. The molecule has 0 fully saturated rings. The minimum atomic E-state index is 0.984. The van der Waals surface area contributed by atoms with E-state index >= 15 is 0 Å². The van der Waals surface area contributed by atoms with Crippen molar-refractivity contribution in [2.75, 3.05) is 6.26 Å². The molecule has 0 saturated heterocycles. The molecule has 0 atom stereocenters. The highest BCUT2D eigenvalue weighted by Gasteiger charge is 2.25. The molecule has 3 nitrogen and oxygen atoms in total. The van der Waals surface area contributed by atoms with E-state index in [4.69, 9.17) is 0 Å². The van der Waals surface area contributed by atoms with Gasteiger partial charge in [0.1, 0.15) is 5.69 Å². The Bertz CT molecular complexity index is 705. The van der Waals surface area contributed by atoms with Crippen molar-refractivity contribution in [2.45, 2.75) is 5.16 Å². The number of rotatable bonds is 3. The summed E-state index contributed by atoms with van der Waals surface area (Å²) in [5, 5.41) is 5.61. The Morgan fingerprint density at radius 2 is 1.55 bits per heavy atom. The maximum absolute atomic E-state index is 4.62. The topological polar surface area (TPSA) is 21.7 Å². The molecule has 100 valence electrons. The van der Waals surface area contributed by atoms with Crippen LogP contribution in [0.25, 0.3) is 17.1 Å². The number of nitrogens with zero attached hydrogens (tertiary/aromatic N) is 3. The van der Waals surface area contributed by atoms with Crippen molar-refractivity contribution in [3.05, 3.63) is 60.7 Å². The first-order valence-corrected chi connectivity index (χ1v) is 7.67. The van der Waals surface area contributed by atoms with Gasteiger partial charge in [-0.15, -0.1) is 4.68 Å². The third-order valence-corrected chi connectivity index (χ3v) is 3.80. The molecule has 0 aliphatic heterocycles. The van der Waals surface area contributed by atoms with E-state index in [1.807, 2.05) is 36.0 Å². The number of hydrogen-bond acceptors (Lipinski definition) is 2. The lowest BCUT2D eigenvalue weighted by atomic mass is 10.2. The van der Waals surface area contributed by atoms with Crippen LogP contribution in [-0.2, 0) is 7.05 Å². The second-order valence-corrected chi connectivity index (χ2v) is 5.24. The number of aryl methyl sites for hydroxylation is 1. The summed E-state index contributed by atoms with van der Waals surface area (Å²) in [6, 6.07) is 20.7. The van der Waals surface area contributed by atoms with E-state index in [1.165, 1.54) is 0 Å². The van der Waals surface area contributed by atoms with Crippen LogP contribution in [0.15, 0.2) is 65.8 Å². The van der Waals surface area contributed by atoms with E-state index in [9.17, 15) is 0 Å². The fourth-order valence-corrected chi connectivity index (χ4v) is 2.88. The summed E-state index contributed by atoms with van der Waals surface area (Å²) >= 11 is 1.65. The fourth-order valence-electron chi connectivity index (χ4n) is 2.30. The lowest BCUT2D eigenvalue weighted by molar-refractivity contribution is -0.625. The molecular formula is C16H16N3S+. The van der Waals surface area contributed by atoms with Crippen molar-refractivity contribution in [2.24, 2.45) is 7.05 Å². The lowest BCUT2D eigenvalue weighted by Crippen LogP contribution is -2.34. The second-order valence-electron chi connectivity index (χ2n) is 4.47. The Morgan fingerprint density at radius 3 is 2.15 bits per heavy atom. The Kier molecular flexibility index (Phi) is 3.56. The van der Waals surface area contributed by atoms with Gasteiger partial charge in [0.25, 0.3) is 5.82 Å². The summed E-state index contributed by atoms with van der Waals surface area (Å²) in [5.74, 6) is 1.08. The number of thioether (sulfide) groups is 1. The second kappa shape index (κ2) is 5.51. The first-order valence-electron chi connectivity index (χ1n) is 6.45. The monoisotopic (exact) mass is 282 g/mol. The van der Waals surface area contributed by atoms with Crippen LogP contribution in [0.4, 0.5) is 0 Å². The first kappa shape index (κ1) is 12.9. The predicted molar refractivity (Wildman–Crippen MR) is 82.0 cm³/mol. The van der Waals surface area contributed by atoms with Gasteiger partial charge < -0.3 is 0 Å². The van der Waals surface area contributed by atoms with Gasteiger partial charge in [0.2, 0.25) is 0 Å². The largest absolute Gasteiger partial charge is 0.341 e. The van der Waals surface area contributed by atoms with Crippen molar-refractivity contribution in [1.82, 2.24) is 9.78 Å². The molecule has 0 amide bonds. The predicted octanol–water partition coefficient (Wildman–Crippen LogP) is 3.09. The molecule has 0 spiro atoms. The number of hydrogen-bond donors (Lipinski definition) is 0. The van der Waals surface area contributed by atoms with E-state index in [-0.39, 0.29) is 0 Å². The van der Waals surface area contributed by atoms with Crippen LogP contribution in [0, 0.1) is 0 Å². The van der Waals surface area contributed by atoms with E-state index in [0.717, 1.165) is 22.2 Å². The maximum atomic E-state index is 4.62. The summed E-state index contributed by atoms with van der Waals surface area (Å²) in [5.41, 5.74) is 2.29. The molecule has 0 unspecified atom stereocenters. The minimum Gasteiger partial charge on any atom is -0.184 e. The molecule has 1 heterocycles. The quantitative estimate of drug-likeness (QED) is 0.544. The van der Waals surface area contributed by atoms with Crippen LogP contribution in [-0.4, -0.2) is 16.0 Å². The first-order chi connectivity index (χ1) is 9.81. The Balaban J connectivity index is 2.27. The molecule has 1 aromatic heterocycles. The normalized spacial score (nSPS) is 10.7. The molecule has 0 saturated carbocycles. The lowest BCUT2D eigenvalue weighted by Gasteiger charge is -2.03. The van der Waals surface area contributed by atoms with E-state index in [2.05, 4.69) is 52.3 Å². The standard InChI is InChI=1S/C16H16N3S/c1-18-15(13-9-5-3-6-10-13)19(16(17-18)20-2)14-11-7-4-8-12-14/h3-12H,1-2H3/q+1. The van der Waals surface area contributed by atoms with Crippen LogP contribution in [0.1, 0.15) is 0 Å². The summed E-state index contributed by atoms with van der Waals surface area (Å²) in [6.07, 6.45) is 2.05. The Labute approximate surface area is 122 Å². The summed E-state index contributed by atoms with van der Waals surface area (Å²) in [6.45, 7) is 0. The molecule has 20 heavy (non-hydrogen) atoms. The third-order valence-electron chi connectivity index (χ3n) is 3.17. The molecule has 2 aromatic carbocycles. The molecule has 0 bridgehead atoms. The van der Waals surface area contributed by atoms with Gasteiger partial charge in [-0.05, 0) is 30.5 Å². The van der Waals surface area contributed by atoms with Crippen molar-refractivity contribution >= 4 is 11.8 Å². The van der Waals surface area contributed by atoms with Gasteiger partial charge in [-0.2, -0.15) is 4.57 Å². The van der Waals surface area contributed by atoms with Crippen LogP contribution < -0.4 is 4.57 Å². The van der Waals surface area contributed by atoms with Gasteiger partial charge in [0, 0.05) is 0 Å². The van der Waals surface area contributed by atoms with Gasteiger partial charge in [-0.25, -0.2) is 0 Å². The van der Waals surface area contributed by atoms with Gasteiger partial charge in [-0.1, -0.05) is 48.2 Å². The van der Waals surface area contributed by atoms with Crippen LogP contribution in [0.3, 0.4) is 0 Å². The van der Waals surface area contributed by atoms with E-state index in [1.54, 1.807) is 11.8 Å². The third kappa shape index (κ3) is 2.23. The van der Waals surface area contributed by atoms with Crippen molar-refractivity contribution in [3.63, 3.8) is 0 Å². The minimum absolute atomic E-state index is 0.984. The molecule has 0 N–H and O–H groups in total. The highest BCUT2D eigenvalue weighted by atomic mass is 32.2. The maximum Gasteiger partial charge on any atom is 0.341 e. The molecular weight excluding hydrogens is 266 g/mol. The van der Waals surface area contributed by atoms with Gasteiger partial charge in [0.05, 0.1) is 17.7 Å². The summed E-state index contributed by atoms with van der Waals surface area (Å²) < 4.78 is 4.13. The summed E-state index contributed by atoms with van der Waals surface area (Å²) in [4.78, 5) is 0. The van der Waals surface area contributed by atoms with Gasteiger partial charge in [-0.3, -0.25) is 0 Å². The zero-order valence-corrected chi connectivity index (χ0v) is 12.3.